The third kappa shape index (κ3) is 2.41. The second-order valence-electron chi connectivity index (χ2n) is 4.76. The Bertz CT molecular complexity index is 460. The average Bonchev–Trinajstić information content (AvgIpc) is 2.47. The van der Waals surface area contributed by atoms with Crippen molar-refractivity contribution in [3.8, 4) is 0 Å². The van der Waals surface area contributed by atoms with Crippen molar-refractivity contribution < 1.29 is 24.5 Å². The predicted octanol–water partition coefficient (Wildman–Crippen LogP) is 0.710. The molecule has 2 aliphatic carbocycles. The number of ketones is 1. The van der Waals surface area contributed by atoms with Gasteiger partial charge in [0.25, 0.3) is 0 Å². The predicted molar refractivity (Wildman–Crippen MR) is 72.5 cm³/mol. The number of hydrogen-bond donors (Lipinski definition) is 2. The second-order valence-corrected chi connectivity index (χ2v) is 4.76. The van der Waals surface area contributed by atoms with Gasteiger partial charge in [0.05, 0.1) is 11.8 Å². The highest BCUT2D eigenvalue weighted by molar-refractivity contribution is 5.89. The lowest BCUT2D eigenvalue weighted by molar-refractivity contribution is -0.199. The van der Waals surface area contributed by atoms with Crippen LogP contribution >= 0.6 is 0 Å². The molecule has 5 nitrogen and oxygen atoms in total. The molecule has 108 valence electrons. The van der Waals surface area contributed by atoms with Crippen molar-refractivity contribution in [3.63, 3.8) is 0 Å². The Morgan fingerprint density at radius 1 is 0.900 bits per heavy atom. The number of hydrogen-bond acceptors (Lipinski definition) is 5. The van der Waals surface area contributed by atoms with E-state index in [1.165, 1.54) is 26.4 Å². The van der Waals surface area contributed by atoms with E-state index in [4.69, 9.17) is 9.47 Å². The smallest absolute Gasteiger partial charge is 0.198 e. The summed E-state index contributed by atoms with van der Waals surface area (Å²) in [5, 5.41) is 20.7. The SMILES string of the molecule is COC1(O)C=CC=CC1C(=O)C1C=CC=CC1(O)OC. The molecule has 5 heteroatoms. The van der Waals surface area contributed by atoms with Crippen LogP contribution in [-0.2, 0) is 14.3 Å². The van der Waals surface area contributed by atoms with E-state index in [1.54, 1.807) is 36.5 Å². The summed E-state index contributed by atoms with van der Waals surface area (Å²) in [7, 11) is 2.64. The lowest BCUT2D eigenvalue weighted by atomic mass is 9.79. The first kappa shape index (κ1) is 14.9. The fourth-order valence-corrected chi connectivity index (χ4v) is 2.40. The maximum Gasteiger partial charge on any atom is 0.198 e. The molecular weight excluding hydrogens is 260 g/mol. The van der Waals surface area contributed by atoms with Gasteiger partial charge in [0.1, 0.15) is 0 Å². The monoisotopic (exact) mass is 278 g/mol. The molecule has 0 spiro atoms. The van der Waals surface area contributed by atoms with Crippen molar-refractivity contribution in [1.82, 2.24) is 0 Å². The Kier molecular flexibility index (Phi) is 4.06. The number of ether oxygens (including phenoxy) is 2. The molecule has 2 N–H and O–H groups in total. The van der Waals surface area contributed by atoms with E-state index in [1.807, 2.05) is 0 Å². The molecule has 0 aromatic heterocycles. The molecule has 0 saturated heterocycles. The first-order chi connectivity index (χ1) is 9.47. The second kappa shape index (κ2) is 5.46. The molecule has 0 aromatic carbocycles. The zero-order valence-corrected chi connectivity index (χ0v) is 11.4. The number of Topliss-reactive ketones (excluding diaryl/α,β-unsaturated/α-hetero) is 1. The van der Waals surface area contributed by atoms with Crippen LogP contribution in [0.1, 0.15) is 0 Å². The molecule has 0 heterocycles. The molecular formula is C15H18O5. The molecule has 0 aliphatic heterocycles. The van der Waals surface area contributed by atoms with Gasteiger partial charge in [-0.15, -0.1) is 0 Å². The summed E-state index contributed by atoms with van der Waals surface area (Å²) >= 11 is 0. The largest absolute Gasteiger partial charge is 0.361 e. The lowest BCUT2D eigenvalue weighted by Crippen LogP contribution is -2.50. The van der Waals surface area contributed by atoms with Crippen molar-refractivity contribution in [2.45, 2.75) is 11.6 Å². The normalized spacial score (nSPS) is 39.2. The van der Waals surface area contributed by atoms with Gasteiger partial charge in [-0.25, -0.2) is 0 Å². The van der Waals surface area contributed by atoms with Crippen LogP contribution < -0.4 is 0 Å². The minimum Gasteiger partial charge on any atom is -0.361 e. The van der Waals surface area contributed by atoms with Gasteiger partial charge in [-0.2, -0.15) is 0 Å². The minimum absolute atomic E-state index is 0.389. The highest BCUT2D eigenvalue weighted by Gasteiger charge is 2.47. The number of allylic oxidation sites excluding steroid dienone is 4. The average molecular weight is 278 g/mol. The topological polar surface area (TPSA) is 76.0 Å². The third-order valence-corrected chi connectivity index (χ3v) is 3.66. The van der Waals surface area contributed by atoms with Crippen LogP contribution in [0.25, 0.3) is 0 Å². The summed E-state index contributed by atoms with van der Waals surface area (Å²) in [6, 6.07) is 0. The number of aliphatic hydroxyl groups is 2. The van der Waals surface area contributed by atoms with E-state index in [0.29, 0.717) is 0 Å². The van der Waals surface area contributed by atoms with E-state index < -0.39 is 23.4 Å². The molecule has 4 unspecified atom stereocenters. The van der Waals surface area contributed by atoms with Crippen LogP contribution in [0.2, 0.25) is 0 Å². The Morgan fingerprint density at radius 3 is 1.65 bits per heavy atom. The fraction of sp³-hybridized carbons (Fsp3) is 0.400. The van der Waals surface area contributed by atoms with Gasteiger partial charge < -0.3 is 19.7 Å². The standard InChI is InChI=1S/C15H18O5/c1-19-14(17)9-5-3-7-11(14)13(16)12-8-4-6-10-15(12,18)20-2/h3-12,17-18H,1-2H3. The summed E-state index contributed by atoms with van der Waals surface area (Å²) in [6.45, 7) is 0. The molecule has 20 heavy (non-hydrogen) atoms. The van der Waals surface area contributed by atoms with Crippen LogP contribution in [0.15, 0.2) is 48.6 Å². The molecule has 0 aromatic rings. The van der Waals surface area contributed by atoms with Crippen molar-refractivity contribution in [1.29, 1.82) is 0 Å². The van der Waals surface area contributed by atoms with Gasteiger partial charge in [-0.1, -0.05) is 36.5 Å². The van der Waals surface area contributed by atoms with E-state index >= 15 is 0 Å². The molecule has 0 fully saturated rings. The summed E-state index contributed by atoms with van der Waals surface area (Å²) in [5.74, 6) is -5.65. The molecule has 0 amide bonds. The van der Waals surface area contributed by atoms with Crippen molar-refractivity contribution in [2.75, 3.05) is 14.2 Å². The van der Waals surface area contributed by atoms with Gasteiger partial charge in [0.2, 0.25) is 0 Å². The maximum absolute atomic E-state index is 12.7. The first-order valence-electron chi connectivity index (χ1n) is 6.27. The van der Waals surface area contributed by atoms with Gasteiger partial charge in [0.15, 0.2) is 17.4 Å². The minimum atomic E-state index is -1.71. The summed E-state index contributed by atoms with van der Waals surface area (Å²) < 4.78 is 10.1. The van der Waals surface area contributed by atoms with Crippen molar-refractivity contribution in [2.24, 2.45) is 11.8 Å². The zero-order chi connectivity index (χ0) is 14.8. The fourth-order valence-electron chi connectivity index (χ4n) is 2.40. The maximum atomic E-state index is 12.7. The highest BCUT2D eigenvalue weighted by Crippen LogP contribution is 2.34. The van der Waals surface area contributed by atoms with Gasteiger partial charge >= 0.3 is 0 Å². The van der Waals surface area contributed by atoms with Crippen LogP contribution in [0.4, 0.5) is 0 Å². The van der Waals surface area contributed by atoms with E-state index in [-0.39, 0.29) is 5.78 Å². The van der Waals surface area contributed by atoms with E-state index in [0.717, 1.165) is 0 Å². The highest BCUT2D eigenvalue weighted by atomic mass is 16.6. The van der Waals surface area contributed by atoms with E-state index in [9.17, 15) is 15.0 Å². The van der Waals surface area contributed by atoms with Crippen LogP contribution in [0.3, 0.4) is 0 Å². The Labute approximate surface area is 117 Å². The number of rotatable bonds is 4. The summed E-state index contributed by atoms with van der Waals surface area (Å²) in [6.07, 6.45) is 12.4. The molecule has 2 aliphatic rings. The Morgan fingerprint density at radius 2 is 1.30 bits per heavy atom. The number of carbonyl (C=O) groups is 1. The van der Waals surface area contributed by atoms with Gasteiger partial charge in [0, 0.05) is 14.2 Å². The lowest BCUT2D eigenvalue weighted by Gasteiger charge is -2.37. The van der Waals surface area contributed by atoms with Crippen LogP contribution in [0, 0.1) is 11.8 Å². The number of carbonyl (C=O) groups excluding carboxylic acids is 1. The molecule has 0 saturated carbocycles. The Balaban J connectivity index is 2.31. The summed E-state index contributed by atoms with van der Waals surface area (Å²) in [4.78, 5) is 12.7. The van der Waals surface area contributed by atoms with Gasteiger partial charge in [-0.3, -0.25) is 4.79 Å². The first-order valence-corrected chi connectivity index (χ1v) is 6.27. The van der Waals surface area contributed by atoms with Crippen LogP contribution in [0.5, 0.6) is 0 Å². The van der Waals surface area contributed by atoms with Gasteiger partial charge in [-0.05, 0) is 12.2 Å². The quantitative estimate of drug-likeness (QED) is 0.741. The van der Waals surface area contributed by atoms with Crippen LogP contribution in [-0.4, -0.2) is 41.8 Å². The zero-order valence-electron chi connectivity index (χ0n) is 11.4. The number of methoxy groups -OCH3 is 2. The molecule has 0 radical (unpaired) electrons. The van der Waals surface area contributed by atoms with E-state index in [2.05, 4.69) is 0 Å². The molecule has 2 rings (SSSR count). The molecule has 4 atom stereocenters. The van der Waals surface area contributed by atoms with Crippen molar-refractivity contribution >= 4 is 5.78 Å². The third-order valence-electron chi connectivity index (χ3n) is 3.66. The molecule has 0 bridgehead atoms. The van der Waals surface area contributed by atoms with Crippen molar-refractivity contribution in [3.05, 3.63) is 48.6 Å². The summed E-state index contributed by atoms with van der Waals surface area (Å²) in [5.41, 5.74) is 0. The Hall–Kier alpha value is -1.53.